The monoisotopic (exact) mass is 262 g/mol. The van der Waals surface area contributed by atoms with Gasteiger partial charge in [0.1, 0.15) is 5.82 Å². The van der Waals surface area contributed by atoms with Crippen molar-refractivity contribution in [2.45, 2.75) is 30.9 Å². The van der Waals surface area contributed by atoms with Crippen LogP contribution in [-0.2, 0) is 16.4 Å². The molecule has 1 saturated carbocycles. The Balaban J connectivity index is 2.33. The molecule has 0 aliphatic heterocycles. The van der Waals surface area contributed by atoms with E-state index in [0.717, 1.165) is 6.07 Å². The Bertz CT molecular complexity index is 489. The number of carboxylic acids is 1. The van der Waals surface area contributed by atoms with E-state index in [2.05, 4.69) is 0 Å². The van der Waals surface area contributed by atoms with E-state index in [1.807, 2.05) is 0 Å². The van der Waals surface area contributed by atoms with E-state index in [9.17, 15) is 22.4 Å². The van der Waals surface area contributed by atoms with Crippen LogP contribution in [0.25, 0.3) is 0 Å². The standard InChI is InChI=1S/C12H10F4O2/c13-9-5-7(1-2-8(9)12(14,15)16)11(3-4-11)6-10(17)18/h1-2,5H,3-4,6H2,(H,17,18). The van der Waals surface area contributed by atoms with Crippen molar-refractivity contribution in [2.75, 3.05) is 0 Å². The molecule has 0 saturated heterocycles. The first-order valence-corrected chi connectivity index (χ1v) is 5.34. The largest absolute Gasteiger partial charge is 0.481 e. The lowest BCUT2D eigenvalue weighted by molar-refractivity contribution is -0.140. The number of rotatable bonds is 3. The van der Waals surface area contributed by atoms with Crippen LogP contribution in [0.15, 0.2) is 18.2 Å². The van der Waals surface area contributed by atoms with Crippen LogP contribution in [0.2, 0.25) is 0 Å². The molecule has 1 aliphatic rings. The quantitative estimate of drug-likeness (QED) is 0.848. The van der Waals surface area contributed by atoms with Crippen molar-refractivity contribution >= 4 is 5.97 Å². The highest BCUT2D eigenvalue weighted by atomic mass is 19.4. The highest BCUT2D eigenvalue weighted by Crippen LogP contribution is 2.51. The summed E-state index contributed by atoms with van der Waals surface area (Å²) in [4.78, 5) is 10.7. The minimum atomic E-state index is -4.73. The molecular weight excluding hydrogens is 252 g/mol. The molecule has 0 bridgehead atoms. The number of hydrogen-bond acceptors (Lipinski definition) is 1. The van der Waals surface area contributed by atoms with Crippen molar-refractivity contribution in [1.29, 1.82) is 0 Å². The third kappa shape index (κ3) is 2.32. The van der Waals surface area contributed by atoms with E-state index in [1.165, 1.54) is 6.07 Å². The van der Waals surface area contributed by atoms with Crippen LogP contribution in [0.4, 0.5) is 17.6 Å². The Morgan fingerprint density at radius 2 is 1.94 bits per heavy atom. The van der Waals surface area contributed by atoms with Crippen molar-refractivity contribution in [3.8, 4) is 0 Å². The molecule has 2 nitrogen and oxygen atoms in total. The molecule has 1 aliphatic carbocycles. The van der Waals surface area contributed by atoms with E-state index < -0.39 is 28.9 Å². The summed E-state index contributed by atoms with van der Waals surface area (Å²) in [5.74, 6) is -2.38. The van der Waals surface area contributed by atoms with Crippen molar-refractivity contribution < 1.29 is 27.5 Å². The summed E-state index contributed by atoms with van der Waals surface area (Å²) in [6.07, 6.45) is -3.79. The van der Waals surface area contributed by atoms with Crippen molar-refractivity contribution in [3.05, 3.63) is 35.1 Å². The Labute approximate surface area is 100 Å². The smallest absolute Gasteiger partial charge is 0.419 e. The predicted molar refractivity (Wildman–Crippen MR) is 54.6 cm³/mol. The molecule has 98 valence electrons. The van der Waals surface area contributed by atoms with Gasteiger partial charge in [-0.15, -0.1) is 0 Å². The molecule has 1 aromatic carbocycles. The lowest BCUT2D eigenvalue weighted by Crippen LogP contribution is -2.15. The maximum atomic E-state index is 13.4. The van der Waals surface area contributed by atoms with E-state index >= 15 is 0 Å². The lowest BCUT2D eigenvalue weighted by Gasteiger charge is -2.15. The summed E-state index contributed by atoms with van der Waals surface area (Å²) >= 11 is 0. The number of benzene rings is 1. The zero-order chi connectivity index (χ0) is 13.6. The first-order chi connectivity index (χ1) is 8.24. The third-order valence-electron chi connectivity index (χ3n) is 3.23. The Morgan fingerprint density at radius 1 is 1.33 bits per heavy atom. The molecule has 1 fully saturated rings. The average molecular weight is 262 g/mol. The number of carbonyl (C=O) groups is 1. The average Bonchev–Trinajstić information content (AvgIpc) is 2.95. The van der Waals surface area contributed by atoms with E-state index in [-0.39, 0.29) is 6.42 Å². The van der Waals surface area contributed by atoms with Crippen molar-refractivity contribution in [3.63, 3.8) is 0 Å². The zero-order valence-corrected chi connectivity index (χ0v) is 9.22. The van der Waals surface area contributed by atoms with Gasteiger partial charge in [-0.1, -0.05) is 6.07 Å². The highest BCUT2D eigenvalue weighted by molar-refractivity contribution is 5.70. The molecule has 18 heavy (non-hydrogen) atoms. The molecule has 6 heteroatoms. The Kier molecular flexibility index (Phi) is 2.83. The molecule has 0 atom stereocenters. The second-order valence-corrected chi connectivity index (χ2v) is 4.54. The van der Waals surface area contributed by atoms with Gasteiger partial charge in [-0.2, -0.15) is 13.2 Å². The van der Waals surface area contributed by atoms with Crippen LogP contribution < -0.4 is 0 Å². The SMILES string of the molecule is O=C(O)CC1(c2ccc(C(F)(F)F)c(F)c2)CC1. The summed E-state index contributed by atoms with van der Waals surface area (Å²) in [6.45, 7) is 0. The van der Waals surface area contributed by atoms with E-state index in [4.69, 9.17) is 5.11 Å². The minimum Gasteiger partial charge on any atom is -0.481 e. The summed E-state index contributed by atoms with van der Waals surface area (Å²) in [5, 5.41) is 8.73. The maximum Gasteiger partial charge on any atom is 0.419 e. The summed E-state index contributed by atoms with van der Waals surface area (Å²) in [6, 6.07) is 2.65. The van der Waals surface area contributed by atoms with Gasteiger partial charge in [0.05, 0.1) is 12.0 Å². The van der Waals surface area contributed by atoms with Crippen molar-refractivity contribution in [1.82, 2.24) is 0 Å². The highest BCUT2D eigenvalue weighted by Gasteiger charge is 2.46. The van der Waals surface area contributed by atoms with Gasteiger partial charge >= 0.3 is 12.1 Å². The molecule has 1 N–H and O–H groups in total. The Morgan fingerprint density at radius 3 is 2.33 bits per heavy atom. The number of hydrogen-bond donors (Lipinski definition) is 1. The summed E-state index contributed by atoms with van der Waals surface area (Å²) in [5.41, 5.74) is -1.68. The van der Waals surface area contributed by atoms with Gasteiger partial charge in [0, 0.05) is 5.41 Å². The van der Waals surface area contributed by atoms with E-state index in [1.54, 1.807) is 0 Å². The Hall–Kier alpha value is -1.59. The lowest BCUT2D eigenvalue weighted by atomic mass is 9.91. The molecule has 0 aromatic heterocycles. The fourth-order valence-electron chi connectivity index (χ4n) is 2.08. The molecule has 1 aromatic rings. The van der Waals surface area contributed by atoms with Crippen LogP contribution in [0.5, 0.6) is 0 Å². The fourth-order valence-corrected chi connectivity index (χ4v) is 2.08. The third-order valence-corrected chi connectivity index (χ3v) is 3.23. The second-order valence-electron chi connectivity index (χ2n) is 4.54. The zero-order valence-electron chi connectivity index (χ0n) is 9.22. The molecule has 0 amide bonds. The molecule has 0 radical (unpaired) electrons. The van der Waals surface area contributed by atoms with Gasteiger partial charge in [0.2, 0.25) is 0 Å². The van der Waals surface area contributed by atoms with Gasteiger partial charge in [-0.3, -0.25) is 4.79 Å². The van der Waals surface area contributed by atoms with Crippen LogP contribution in [0.3, 0.4) is 0 Å². The van der Waals surface area contributed by atoms with Crippen LogP contribution in [-0.4, -0.2) is 11.1 Å². The first kappa shape index (κ1) is 12.9. The number of alkyl halides is 3. The van der Waals surface area contributed by atoms with Gasteiger partial charge in [0.25, 0.3) is 0 Å². The molecule has 0 unspecified atom stereocenters. The topological polar surface area (TPSA) is 37.3 Å². The van der Waals surface area contributed by atoms with Crippen LogP contribution >= 0.6 is 0 Å². The molecular formula is C12H10F4O2. The molecule has 0 spiro atoms. The maximum absolute atomic E-state index is 13.4. The number of aliphatic carboxylic acids is 1. The number of halogens is 4. The van der Waals surface area contributed by atoms with Gasteiger partial charge in [0.15, 0.2) is 0 Å². The second kappa shape index (κ2) is 3.96. The minimum absolute atomic E-state index is 0.183. The fraction of sp³-hybridized carbons (Fsp3) is 0.417. The number of carboxylic acid groups (broad SMARTS) is 1. The summed E-state index contributed by atoms with van der Waals surface area (Å²) < 4.78 is 50.5. The van der Waals surface area contributed by atoms with Gasteiger partial charge in [-0.25, -0.2) is 4.39 Å². The van der Waals surface area contributed by atoms with Crippen LogP contribution in [0.1, 0.15) is 30.4 Å². The molecule has 0 heterocycles. The van der Waals surface area contributed by atoms with E-state index in [0.29, 0.717) is 24.5 Å². The van der Waals surface area contributed by atoms with Gasteiger partial charge < -0.3 is 5.11 Å². The van der Waals surface area contributed by atoms with Crippen molar-refractivity contribution in [2.24, 2.45) is 0 Å². The van der Waals surface area contributed by atoms with Crippen LogP contribution in [0, 0.1) is 5.82 Å². The van der Waals surface area contributed by atoms with Gasteiger partial charge in [-0.05, 0) is 30.5 Å². The normalized spacial score (nSPS) is 17.6. The molecule has 2 rings (SSSR count). The summed E-state index contributed by atoms with van der Waals surface area (Å²) in [7, 11) is 0. The first-order valence-electron chi connectivity index (χ1n) is 5.34. The predicted octanol–water partition coefficient (Wildman–Crippen LogP) is 3.35.